The van der Waals surface area contributed by atoms with Gasteiger partial charge in [0.05, 0.1) is 6.04 Å². The third-order valence-electron chi connectivity index (χ3n) is 2.57. The summed E-state index contributed by atoms with van der Waals surface area (Å²) in [7, 11) is 0. The van der Waals surface area contributed by atoms with E-state index in [1.165, 1.54) is 0 Å². The fourth-order valence-electron chi connectivity index (χ4n) is 1.65. The minimum atomic E-state index is 0.156. The van der Waals surface area contributed by atoms with Crippen LogP contribution in [0, 0.1) is 0 Å². The Hall–Kier alpha value is -2.17. The van der Waals surface area contributed by atoms with Gasteiger partial charge in [0, 0.05) is 25.0 Å². The van der Waals surface area contributed by atoms with Crippen molar-refractivity contribution < 1.29 is 0 Å². The molecule has 5 nitrogen and oxygen atoms in total. The molecule has 1 unspecified atom stereocenters. The Kier molecular flexibility index (Phi) is 4.06. The van der Waals surface area contributed by atoms with E-state index in [0.29, 0.717) is 0 Å². The minimum absolute atomic E-state index is 0.156. The Morgan fingerprint density at radius 3 is 2.83 bits per heavy atom. The number of hydrogen-bond acceptors (Lipinski definition) is 5. The molecule has 1 atom stereocenters. The summed E-state index contributed by atoms with van der Waals surface area (Å²) in [6.07, 6.45) is 5.17. The van der Waals surface area contributed by atoms with Crippen LogP contribution in [0.25, 0.3) is 0 Å². The van der Waals surface area contributed by atoms with Gasteiger partial charge in [-0.25, -0.2) is 9.97 Å². The first-order chi connectivity index (χ1) is 8.79. The highest BCUT2D eigenvalue weighted by Gasteiger charge is 2.06. The average Bonchev–Trinajstić information content (AvgIpc) is 2.40. The molecule has 94 valence electrons. The van der Waals surface area contributed by atoms with Crippen LogP contribution in [0.5, 0.6) is 0 Å². The number of aromatic nitrogens is 3. The van der Waals surface area contributed by atoms with Gasteiger partial charge in [0.25, 0.3) is 0 Å². The maximum absolute atomic E-state index is 4.20. The number of nitrogens with zero attached hydrogens (tertiary/aromatic N) is 3. The predicted octanol–water partition coefficient (Wildman–Crippen LogP) is 2.48. The zero-order chi connectivity index (χ0) is 12.8. The van der Waals surface area contributed by atoms with Gasteiger partial charge in [0.2, 0.25) is 0 Å². The predicted molar refractivity (Wildman–Crippen MR) is 72.5 cm³/mol. The molecule has 0 aliphatic heterocycles. The van der Waals surface area contributed by atoms with Crippen LogP contribution in [0.4, 0.5) is 11.6 Å². The van der Waals surface area contributed by atoms with Crippen molar-refractivity contribution in [3.8, 4) is 0 Å². The van der Waals surface area contributed by atoms with Crippen molar-refractivity contribution in [3.63, 3.8) is 0 Å². The minimum Gasteiger partial charge on any atom is -0.370 e. The lowest BCUT2D eigenvalue weighted by molar-refractivity contribution is 0.864. The van der Waals surface area contributed by atoms with Crippen molar-refractivity contribution in [1.82, 2.24) is 15.0 Å². The Morgan fingerprint density at radius 2 is 2.11 bits per heavy atom. The fraction of sp³-hybridized carbons (Fsp3) is 0.308. The zero-order valence-corrected chi connectivity index (χ0v) is 10.6. The second kappa shape index (κ2) is 5.95. The number of pyridine rings is 1. The quantitative estimate of drug-likeness (QED) is 0.844. The van der Waals surface area contributed by atoms with Crippen LogP contribution >= 0.6 is 0 Å². The molecule has 0 bridgehead atoms. The Labute approximate surface area is 107 Å². The summed E-state index contributed by atoms with van der Waals surface area (Å²) in [4.78, 5) is 12.4. The van der Waals surface area contributed by atoms with Crippen LogP contribution in [0.2, 0.25) is 0 Å². The van der Waals surface area contributed by atoms with Crippen LogP contribution in [-0.2, 0) is 0 Å². The molecule has 0 aromatic carbocycles. The molecular formula is C13H17N5. The summed E-state index contributed by atoms with van der Waals surface area (Å²) in [6.45, 7) is 4.95. The summed E-state index contributed by atoms with van der Waals surface area (Å²) in [5.74, 6) is 1.63. The van der Waals surface area contributed by atoms with Crippen molar-refractivity contribution in [2.45, 2.75) is 19.9 Å². The van der Waals surface area contributed by atoms with Crippen molar-refractivity contribution in [1.29, 1.82) is 0 Å². The maximum atomic E-state index is 4.20. The Balaban J connectivity index is 2.07. The number of hydrogen-bond donors (Lipinski definition) is 2. The molecule has 2 aromatic heterocycles. The van der Waals surface area contributed by atoms with Crippen LogP contribution in [0.3, 0.4) is 0 Å². The third-order valence-corrected chi connectivity index (χ3v) is 2.57. The smallest absolute Gasteiger partial charge is 0.131 e. The van der Waals surface area contributed by atoms with Gasteiger partial charge in [-0.15, -0.1) is 0 Å². The van der Waals surface area contributed by atoms with E-state index in [-0.39, 0.29) is 6.04 Å². The zero-order valence-electron chi connectivity index (χ0n) is 10.6. The molecule has 0 saturated carbocycles. The van der Waals surface area contributed by atoms with Gasteiger partial charge in [-0.1, -0.05) is 6.07 Å². The molecule has 2 heterocycles. The van der Waals surface area contributed by atoms with E-state index < -0.39 is 0 Å². The first-order valence-corrected chi connectivity index (χ1v) is 6.02. The third kappa shape index (κ3) is 3.16. The molecule has 5 heteroatoms. The molecule has 0 radical (unpaired) electrons. The van der Waals surface area contributed by atoms with E-state index in [1.54, 1.807) is 12.5 Å². The molecule has 2 aromatic rings. The van der Waals surface area contributed by atoms with E-state index in [0.717, 1.165) is 23.7 Å². The molecule has 2 rings (SSSR count). The highest BCUT2D eigenvalue weighted by atomic mass is 15.1. The number of anilines is 2. The monoisotopic (exact) mass is 243 g/mol. The molecular weight excluding hydrogens is 226 g/mol. The highest BCUT2D eigenvalue weighted by molar-refractivity contribution is 5.47. The summed E-state index contributed by atoms with van der Waals surface area (Å²) in [5.41, 5.74) is 1.13. The summed E-state index contributed by atoms with van der Waals surface area (Å²) in [6, 6.07) is 6.02. The van der Waals surface area contributed by atoms with Gasteiger partial charge in [0.15, 0.2) is 0 Å². The van der Waals surface area contributed by atoms with Crippen molar-refractivity contribution in [2.75, 3.05) is 17.2 Å². The molecule has 0 saturated heterocycles. The lowest BCUT2D eigenvalue weighted by Crippen LogP contribution is -2.09. The SMILES string of the molecule is CCNc1cc(NC(C)c2cccnc2)ncn1. The second-order valence-electron chi connectivity index (χ2n) is 3.97. The normalized spacial score (nSPS) is 11.9. The van der Waals surface area contributed by atoms with Gasteiger partial charge < -0.3 is 10.6 Å². The van der Waals surface area contributed by atoms with E-state index in [9.17, 15) is 0 Å². The van der Waals surface area contributed by atoms with E-state index in [1.807, 2.05) is 31.3 Å². The standard InChI is InChI=1S/C13H17N5/c1-3-15-12-7-13(17-9-16-12)18-10(2)11-5-4-6-14-8-11/h4-10H,3H2,1-2H3,(H2,15,16,17,18). The largest absolute Gasteiger partial charge is 0.370 e. The first kappa shape index (κ1) is 12.3. The summed E-state index contributed by atoms with van der Waals surface area (Å²) < 4.78 is 0. The van der Waals surface area contributed by atoms with Gasteiger partial charge in [0.1, 0.15) is 18.0 Å². The fourth-order valence-corrected chi connectivity index (χ4v) is 1.65. The van der Waals surface area contributed by atoms with Gasteiger partial charge in [-0.3, -0.25) is 4.98 Å². The summed E-state index contributed by atoms with van der Waals surface area (Å²) >= 11 is 0. The van der Waals surface area contributed by atoms with Crippen LogP contribution in [0.1, 0.15) is 25.5 Å². The molecule has 0 amide bonds. The molecule has 0 spiro atoms. The molecule has 18 heavy (non-hydrogen) atoms. The number of nitrogens with one attached hydrogen (secondary N) is 2. The highest BCUT2D eigenvalue weighted by Crippen LogP contribution is 2.17. The topological polar surface area (TPSA) is 62.7 Å². The van der Waals surface area contributed by atoms with Crippen molar-refractivity contribution in [2.24, 2.45) is 0 Å². The molecule has 2 N–H and O–H groups in total. The van der Waals surface area contributed by atoms with Crippen LogP contribution in [-0.4, -0.2) is 21.5 Å². The average molecular weight is 243 g/mol. The first-order valence-electron chi connectivity index (χ1n) is 6.02. The molecule has 0 aliphatic rings. The molecule has 0 fully saturated rings. The Morgan fingerprint density at radius 1 is 1.28 bits per heavy atom. The maximum Gasteiger partial charge on any atom is 0.131 e. The Bertz CT molecular complexity index is 486. The number of rotatable bonds is 5. The van der Waals surface area contributed by atoms with Gasteiger partial charge >= 0.3 is 0 Å². The van der Waals surface area contributed by atoms with E-state index in [2.05, 4.69) is 32.5 Å². The van der Waals surface area contributed by atoms with Crippen LogP contribution in [0.15, 0.2) is 36.9 Å². The van der Waals surface area contributed by atoms with Crippen molar-refractivity contribution >= 4 is 11.6 Å². The van der Waals surface area contributed by atoms with Gasteiger partial charge in [-0.05, 0) is 25.5 Å². The van der Waals surface area contributed by atoms with Crippen molar-refractivity contribution in [3.05, 3.63) is 42.5 Å². The lowest BCUT2D eigenvalue weighted by atomic mass is 10.1. The molecule has 0 aliphatic carbocycles. The van der Waals surface area contributed by atoms with Crippen LogP contribution < -0.4 is 10.6 Å². The lowest BCUT2D eigenvalue weighted by Gasteiger charge is -2.14. The van der Waals surface area contributed by atoms with E-state index in [4.69, 9.17) is 0 Å². The van der Waals surface area contributed by atoms with Gasteiger partial charge in [-0.2, -0.15) is 0 Å². The summed E-state index contributed by atoms with van der Waals surface area (Å²) in [5, 5.41) is 6.48. The van der Waals surface area contributed by atoms with E-state index >= 15 is 0 Å². The second-order valence-corrected chi connectivity index (χ2v) is 3.97.